The normalized spacial score (nSPS) is 15.4. The van der Waals surface area contributed by atoms with Crippen LogP contribution < -0.4 is 15.8 Å². The average Bonchev–Trinajstić information content (AvgIpc) is 3.20. The molecule has 4 rings (SSSR count). The Morgan fingerprint density at radius 2 is 1.93 bits per heavy atom. The first-order valence-electron chi connectivity index (χ1n) is 9.85. The lowest BCUT2D eigenvalue weighted by molar-refractivity contribution is 0.212. The molecule has 0 radical (unpaired) electrons. The number of rotatable bonds is 6. The molecule has 8 nitrogen and oxygen atoms in total. The summed E-state index contributed by atoms with van der Waals surface area (Å²) in [6, 6.07) is 8.34. The molecule has 3 aromatic rings. The molecule has 1 aromatic carbocycles. The molecule has 2 aromatic heterocycles. The second-order valence-electron chi connectivity index (χ2n) is 7.49. The van der Waals surface area contributed by atoms with Gasteiger partial charge in [0.05, 0.1) is 42.6 Å². The summed E-state index contributed by atoms with van der Waals surface area (Å²) in [5.74, 6) is 1.35. The van der Waals surface area contributed by atoms with Crippen molar-refractivity contribution in [2.45, 2.75) is 25.3 Å². The minimum Gasteiger partial charge on any atom is -0.497 e. The Morgan fingerprint density at radius 1 is 1.17 bits per heavy atom. The minimum absolute atomic E-state index is 0.444. The van der Waals surface area contributed by atoms with Gasteiger partial charge in [0.1, 0.15) is 5.75 Å². The summed E-state index contributed by atoms with van der Waals surface area (Å²) in [7, 11) is 3.82. The number of nitrogen functional groups attached to an aromatic ring is 1. The number of benzene rings is 1. The van der Waals surface area contributed by atoms with E-state index in [2.05, 4.69) is 32.3 Å². The maximum atomic E-state index is 6.10. The van der Waals surface area contributed by atoms with Crippen LogP contribution in [0.15, 0.2) is 42.9 Å². The molecule has 0 spiro atoms. The fourth-order valence-corrected chi connectivity index (χ4v) is 3.56. The Hall–Kier alpha value is -3.13. The van der Waals surface area contributed by atoms with Gasteiger partial charge in [-0.1, -0.05) is 12.1 Å². The Bertz CT molecular complexity index is 946. The van der Waals surface area contributed by atoms with Gasteiger partial charge in [-0.15, -0.1) is 0 Å². The van der Waals surface area contributed by atoms with Crippen LogP contribution in [0.2, 0.25) is 0 Å². The van der Waals surface area contributed by atoms with Gasteiger partial charge in [0.15, 0.2) is 0 Å². The van der Waals surface area contributed by atoms with Crippen molar-refractivity contribution in [3.63, 3.8) is 0 Å². The highest BCUT2D eigenvalue weighted by molar-refractivity contribution is 5.53. The first kappa shape index (κ1) is 19.2. The van der Waals surface area contributed by atoms with E-state index in [0.717, 1.165) is 48.6 Å². The summed E-state index contributed by atoms with van der Waals surface area (Å²) in [4.78, 5) is 11.3. The number of nitrogens with two attached hydrogens (primary N) is 1. The minimum atomic E-state index is 0.444. The third kappa shape index (κ3) is 4.65. The van der Waals surface area contributed by atoms with E-state index in [1.54, 1.807) is 13.3 Å². The Balaban J connectivity index is 1.45. The summed E-state index contributed by atoms with van der Waals surface area (Å²) in [5.41, 5.74) is 9.45. The molecule has 1 aliphatic rings. The van der Waals surface area contributed by atoms with Gasteiger partial charge in [-0.05, 0) is 50.7 Å². The molecular formula is C21H27N7O. The largest absolute Gasteiger partial charge is 0.497 e. The highest BCUT2D eigenvalue weighted by atomic mass is 16.5. The van der Waals surface area contributed by atoms with Gasteiger partial charge in [-0.3, -0.25) is 4.68 Å². The standard InChI is InChI=1S/C21H27N7O/c1-27-9-7-17(8-10-27)28-14-16(12-24-28)25-21-23-13-19(22)20(26-21)11-15-3-5-18(29-2)6-4-15/h3-6,12-14,17H,7-11,22H2,1-2H3,(H,23,25,26). The van der Waals surface area contributed by atoms with Gasteiger partial charge in [0, 0.05) is 12.6 Å². The third-order valence-electron chi connectivity index (χ3n) is 5.35. The fourth-order valence-electron chi connectivity index (χ4n) is 3.56. The number of piperidine rings is 1. The van der Waals surface area contributed by atoms with Crippen LogP contribution in [-0.2, 0) is 6.42 Å². The Labute approximate surface area is 170 Å². The first-order chi connectivity index (χ1) is 14.1. The number of nitrogens with one attached hydrogen (secondary N) is 1. The van der Waals surface area contributed by atoms with Crippen LogP contribution in [-0.4, -0.2) is 51.9 Å². The van der Waals surface area contributed by atoms with Crippen LogP contribution in [0.5, 0.6) is 5.75 Å². The van der Waals surface area contributed by atoms with Crippen molar-refractivity contribution in [3.05, 3.63) is 54.1 Å². The van der Waals surface area contributed by atoms with Crippen molar-refractivity contribution in [2.24, 2.45) is 0 Å². The maximum Gasteiger partial charge on any atom is 0.227 e. The smallest absolute Gasteiger partial charge is 0.227 e. The van der Waals surface area contributed by atoms with Crippen molar-refractivity contribution in [3.8, 4) is 5.75 Å². The van der Waals surface area contributed by atoms with Crippen LogP contribution in [0.25, 0.3) is 0 Å². The van der Waals surface area contributed by atoms with E-state index in [4.69, 9.17) is 10.5 Å². The topological polar surface area (TPSA) is 94.1 Å². The molecule has 0 amide bonds. The number of ether oxygens (including phenoxy) is 1. The number of aromatic nitrogens is 4. The van der Waals surface area contributed by atoms with E-state index in [1.807, 2.05) is 41.3 Å². The molecule has 3 N–H and O–H groups in total. The van der Waals surface area contributed by atoms with Gasteiger partial charge in [-0.25, -0.2) is 9.97 Å². The zero-order chi connectivity index (χ0) is 20.2. The highest BCUT2D eigenvalue weighted by Gasteiger charge is 2.19. The predicted octanol–water partition coefficient (Wildman–Crippen LogP) is 2.87. The van der Waals surface area contributed by atoms with Gasteiger partial charge in [0.2, 0.25) is 5.95 Å². The SMILES string of the molecule is COc1ccc(Cc2nc(Nc3cnn(C4CCN(C)CC4)c3)ncc2N)cc1. The number of nitrogens with zero attached hydrogens (tertiary/aromatic N) is 5. The van der Waals surface area contributed by atoms with Crippen molar-refractivity contribution < 1.29 is 4.74 Å². The van der Waals surface area contributed by atoms with Gasteiger partial charge in [-0.2, -0.15) is 5.10 Å². The summed E-state index contributed by atoms with van der Waals surface area (Å²) in [5, 5.41) is 7.78. The molecule has 29 heavy (non-hydrogen) atoms. The molecule has 0 atom stereocenters. The molecule has 0 bridgehead atoms. The quantitative estimate of drug-likeness (QED) is 0.665. The van der Waals surface area contributed by atoms with Crippen LogP contribution in [0.4, 0.5) is 17.3 Å². The van der Waals surface area contributed by atoms with E-state index in [9.17, 15) is 0 Å². The van der Waals surface area contributed by atoms with E-state index in [0.29, 0.717) is 24.1 Å². The lowest BCUT2D eigenvalue weighted by atomic mass is 10.1. The summed E-state index contributed by atoms with van der Waals surface area (Å²) >= 11 is 0. The summed E-state index contributed by atoms with van der Waals surface area (Å²) in [6.45, 7) is 2.20. The van der Waals surface area contributed by atoms with E-state index >= 15 is 0 Å². The lowest BCUT2D eigenvalue weighted by Crippen LogP contribution is -2.31. The maximum absolute atomic E-state index is 6.10. The van der Waals surface area contributed by atoms with Crippen molar-refractivity contribution >= 4 is 17.3 Å². The molecule has 1 saturated heterocycles. The summed E-state index contributed by atoms with van der Waals surface area (Å²) < 4.78 is 7.26. The van der Waals surface area contributed by atoms with Gasteiger partial charge in [0.25, 0.3) is 0 Å². The number of hydrogen-bond donors (Lipinski definition) is 2. The van der Waals surface area contributed by atoms with E-state index in [-0.39, 0.29) is 0 Å². The number of likely N-dealkylation sites (tertiary alicyclic amines) is 1. The fraction of sp³-hybridized carbons (Fsp3) is 0.381. The second kappa shape index (κ2) is 8.48. The zero-order valence-corrected chi connectivity index (χ0v) is 16.9. The van der Waals surface area contributed by atoms with Crippen LogP contribution in [0.1, 0.15) is 30.1 Å². The van der Waals surface area contributed by atoms with Crippen molar-refractivity contribution in [1.82, 2.24) is 24.6 Å². The van der Waals surface area contributed by atoms with Crippen molar-refractivity contribution in [1.29, 1.82) is 0 Å². The van der Waals surface area contributed by atoms with Crippen LogP contribution in [0, 0.1) is 0 Å². The molecule has 3 heterocycles. The molecule has 0 unspecified atom stereocenters. The second-order valence-corrected chi connectivity index (χ2v) is 7.49. The van der Waals surface area contributed by atoms with Crippen molar-refractivity contribution in [2.75, 3.05) is 38.3 Å². The van der Waals surface area contributed by atoms with Gasteiger partial charge < -0.3 is 20.7 Å². The highest BCUT2D eigenvalue weighted by Crippen LogP contribution is 2.24. The zero-order valence-electron chi connectivity index (χ0n) is 16.9. The Kier molecular flexibility index (Phi) is 5.62. The average molecular weight is 393 g/mol. The number of anilines is 3. The third-order valence-corrected chi connectivity index (χ3v) is 5.35. The molecule has 152 valence electrons. The van der Waals surface area contributed by atoms with E-state index < -0.39 is 0 Å². The number of hydrogen-bond acceptors (Lipinski definition) is 7. The first-order valence-corrected chi connectivity index (χ1v) is 9.85. The molecule has 1 fully saturated rings. The van der Waals surface area contributed by atoms with Crippen LogP contribution >= 0.6 is 0 Å². The number of methoxy groups -OCH3 is 1. The molecule has 0 aliphatic carbocycles. The Morgan fingerprint density at radius 3 is 2.66 bits per heavy atom. The predicted molar refractivity (Wildman–Crippen MR) is 114 cm³/mol. The summed E-state index contributed by atoms with van der Waals surface area (Å²) in [6.07, 6.45) is 8.35. The molecule has 8 heteroatoms. The lowest BCUT2D eigenvalue weighted by Gasteiger charge is -2.28. The molecule has 1 aliphatic heterocycles. The molecule has 0 saturated carbocycles. The monoisotopic (exact) mass is 393 g/mol. The molecular weight excluding hydrogens is 366 g/mol. The van der Waals surface area contributed by atoms with Crippen LogP contribution in [0.3, 0.4) is 0 Å². The van der Waals surface area contributed by atoms with E-state index in [1.165, 1.54) is 0 Å². The van der Waals surface area contributed by atoms with Gasteiger partial charge >= 0.3 is 0 Å².